The largest absolute Gasteiger partial charge is 0.465 e. The molecule has 174 valence electrons. The normalized spacial score (nSPS) is 12.4. The van der Waals surface area contributed by atoms with Crippen molar-refractivity contribution in [2.45, 2.75) is 22.3 Å². The van der Waals surface area contributed by atoms with Crippen LogP contribution in [0, 0.1) is 10.1 Å². The molecule has 3 N–H and O–H groups in total. The van der Waals surface area contributed by atoms with Crippen LogP contribution in [0.1, 0.15) is 16.8 Å². The third kappa shape index (κ3) is 7.19. The summed E-state index contributed by atoms with van der Waals surface area (Å²) in [5.41, 5.74) is -0.951. The van der Waals surface area contributed by atoms with E-state index in [9.17, 15) is 23.3 Å². The zero-order valence-electron chi connectivity index (χ0n) is 18.0. The summed E-state index contributed by atoms with van der Waals surface area (Å²) in [7, 11) is 0.635. The highest BCUT2D eigenvalue weighted by Gasteiger charge is 2.29. The minimum Gasteiger partial charge on any atom is -0.465 e. The highest BCUT2D eigenvalue weighted by atomic mass is 32.2. The second-order valence-electron chi connectivity index (χ2n) is 7.22. The summed E-state index contributed by atoms with van der Waals surface area (Å²) in [6.07, 6.45) is 0.613. The van der Waals surface area contributed by atoms with Gasteiger partial charge in [-0.15, -0.1) is 11.8 Å². The zero-order chi connectivity index (χ0) is 23.9. The van der Waals surface area contributed by atoms with E-state index in [2.05, 4.69) is 5.32 Å². The molecular weight excluding hydrogens is 456 g/mol. The van der Waals surface area contributed by atoms with E-state index in [4.69, 9.17) is 9.88 Å². The molecule has 10 nitrogen and oxygen atoms in total. The number of hydrogen-bond acceptors (Lipinski definition) is 9. The third-order valence-corrected chi connectivity index (χ3v) is 6.56. The maximum Gasteiger partial charge on any atom is 0.340 e. The number of nitrogens with one attached hydrogen (secondary N) is 1. The van der Waals surface area contributed by atoms with Crippen LogP contribution in [0.4, 0.5) is 11.4 Å². The van der Waals surface area contributed by atoms with Gasteiger partial charge in [0.2, 0.25) is 10.0 Å². The Kier molecular flexibility index (Phi) is 9.01. The number of benzene rings is 2. The Balaban J connectivity index is 2.48. The Hall–Kier alpha value is -2.67. The molecule has 2 rings (SSSR count). The molecule has 0 heterocycles. The predicted octanol–water partition coefficient (Wildman–Crippen LogP) is 2.55. The minimum absolute atomic E-state index is 0.105. The summed E-state index contributed by atoms with van der Waals surface area (Å²) in [5, 5.41) is 20.0. The Morgan fingerprint density at radius 2 is 1.94 bits per heavy atom. The standard InChI is InChI=1S/C20H26N4O6S2/c1-23(2)10-9-14(13-31-15-7-5-4-6-8-15)22-19-17(20(25)30-3)11-16(32(21,28)29)12-18(19)24(26)27/h4-8,11-12,14,22H,9-10,13H2,1-3H3,(H2,21,28,29)/t14-/m1/s1. The van der Waals surface area contributed by atoms with Crippen LogP contribution < -0.4 is 10.5 Å². The Morgan fingerprint density at radius 1 is 1.28 bits per heavy atom. The summed E-state index contributed by atoms with van der Waals surface area (Å²) in [5.74, 6) is -0.366. The Morgan fingerprint density at radius 3 is 2.47 bits per heavy atom. The van der Waals surface area contributed by atoms with Crippen molar-refractivity contribution in [1.29, 1.82) is 0 Å². The lowest BCUT2D eigenvalue weighted by molar-refractivity contribution is -0.384. The number of carbonyl (C=O) groups is 1. The van der Waals surface area contributed by atoms with Crippen LogP contribution in [-0.4, -0.2) is 63.8 Å². The van der Waals surface area contributed by atoms with Crippen LogP contribution in [0.15, 0.2) is 52.3 Å². The molecule has 1 atom stereocenters. The molecule has 0 amide bonds. The molecule has 0 saturated carbocycles. The van der Waals surface area contributed by atoms with Crippen LogP contribution in [0.3, 0.4) is 0 Å². The number of nitro benzene ring substituents is 1. The molecule has 0 aliphatic carbocycles. The molecule has 0 bridgehead atoms. The van der Waals surface area contributed by atoms with E-state index < -0.39 is 31.5 Å². The summed E-state index contributed by atoms with van der Waals surface area (Å²) < 4.78 is 28.4. The van der Waals surface area contributed by atoms with Crippen LogP contribution in [0.2, 0.25) is 0 Å². The van der Waals surface area contributed by atoms with Gasteiger partial charge in [-0.3, -0.25) is 10.1 Å². The number of carbonyl (C=O) groups excluding carboxylic acids is 1. The maximum atomic E-state index is 12.4. The molecule has 2 aromatic rings. The summed E-state index contributed by atoms with van der Waals surface area (Å²) >= 11 is 1.56. The van der Waals surface area contributed by atoms with Crippen molar-refractivity contribution in [3.05, 3.63) is 58.1 Å². The first-order valence-electron chi connectivity index (χ1n) is 9.55. The number of sulfonamides is 1. The van der Waals surface area contributed by atoms with Crippen LogP contribution in [0.25, 0.3) is 0 Å². The number of nitro groups is 1. The van der Waals surface area contributed by atoms with Crippen molar-refractivity contribution >= 4 is 39.1 Å². The quantitative estimate of drug-likeness (QED) is 0.213. The van der Waals surface area contributed by atoms with Gasteiger partial charge in [-0.2, -0.15) is 0 Å². The molecule has 0 spiro atoms. The molecule has 0 aromatic heterocycles. The fourth-order valence-electron chi connectivity index (χ4n) is 2.86. The van der Waals surface area contributed by atoms with Gasteiger partial charge in [0.15, 0.2) is 0 Å². The van der Waals surface area contributed by atoms with Gasteiger partial charge in [-0.1, -0.05) is 18.2 Å². The molecule has 0 aliphatic rings. The van der Waals surface area contributed by atoms with Crippen molar-refractivity contribution in [3.8, 4) is 0 Å². The van der Waals surface area contributed by atoms with E-state index in [1.165, 1.54) is 0 Å². The highest BCUT2D eigenvalue weighted by molar-refractivity contribution is 7.99. The maximum absolute atomic E-state index is 12.4. The first-order chi connectivity index (χ1) is 15.0. The van der Waals surface area contributed by atoms with Crippen LogP contribution in [0.5, 0.6) is 0 Å². The lowest BCUT2D eigenvalue weighted by atomic mass is 10.1. The van der Waals surface area contributed by atoms with Gasteiger partial charge in [0.05, 0.1) is 22.5 Å². The minimum atomic E-state index is -4.29. The van der Waals surface area contributed by atoms with E-state index >= 15 is 0 Å². The molecule has 0 radical (unpaired) electrons. The predicted molar refractivity (Wildman–Crippen MR) is 124 cm³/mol. The van der Waals surface area contributed by atoms with Gasteiger partial charge in [-0.05, 0) is 45.3 Å². The van der Waals surface area contributed by atoms with Gasteiger partial charge in [0, 0.05) is 22.8 Å². The van der Waals surface area contributed by atoms with Crippen molar-refractivity contribution in [1.82, 2.24) is 4.90 Å². The molecule has 0 saturated heterocycles. The number of esters is 1. The number of ether oxygens (including phenoxy) is 1. The second-order valence-corrected chi connectivity index (χ2v) is 9.87. The fourth-order valence-corrected chi connectivity index (χ4v) is 4.41. The number of nitrogens with two attached hydrogens (primary N) is 1. The topological polar surface area (TPSA) is 145 Å². The van der Waals surface area contributed by atoms with Crippen molar-refractivity contribution in [2.24, 2.45) is 5.14 Å². The first kappa shape index (κ1) is 25.6. The average Bonchev–Trinajstić information content (AvgIpc) is 2.74. The Labute approximate surface area is 191 Å². The SMILES string of the molecule is COC(=O)c1cc(S(N)(=O)=O)cc([N+](=O)[O-])c1N[C@H](CCN(C)C)CSc1ccccc1. The van der Waals surface area contributed by atoms with Gasteiger partial charge >= 0.3 is 5.97 Å². The monoisotopic (exact) mass is 482 g/mol. The lowest BCUT2D eigenvalue weighted by Crippen LogP contribution is -2.29. The van der Waals surface area contributed by atoms with Crippen LogP contribution >= 0.6 is 11.8 Å². The molecular formula is C20H26N4O6S2. The van der Waals surface area contributed by atoms with Gasteiger partial charge in [0.1, 0.15) is 5.69 Å². The number of primary sulfonamides is 1. The molecule has 12 heteroatoms. The summed E-state index contributed by atoms with van der Waals surface area (Å²) in [4.78, 5) is 25.8. The van der Waals surface area contributed by atoms with Crippen molar-refractivity contribution in [2.75, 3.05) is 38.8 Å². The number of thioether (sulfide) groups is 1. The lowest BCUT2D eigenvalue weighted by Gasteiger charge is -2.23. The number of rotatable bonds is 11. The van der Waals surface area contributed by atoms with Crippen molar-refractivity contribution in [3.63, 3.8) is 0 Å². The van der Waals surface area contributed by atoms with Crippen LogP contribution in [-0.2, 0) is 14.8 Å². The fraction of sp³-hybridized carbons (Fsp3) is 0.350. The number of nitrogens with zero attached hydrogens (tertiary/aromatic N) is 2. The van der Waals surface area contributed by atoms with Gasteiger partial charge < -0.3 is 15.0 Å². The third-order valence-electron chi connectivity index (χ3n) is 4.49. The van der Waals surface area contributed by atoms with E-state index in [0.717, 1.165) is 24.1 Å². The molecule has 0 fully saturated rings. The average molecular weight is 483 g/mol. The second kappa shape index (κ2) is 11.3. The smallest absolute Gasteiger partial charge is 0.340 e. The molecule has 32 heavy (non-hydrogen) atoms. The summed E-state index contributed by atoms with van der Waals surface area (Å²) in [6, 6.07) is 11.2. The highest BCUT2D eigenvalue weighted by Crippen LogP contribution is 2.34. The molecule has 0 unspecified atom stereocenters. The van der Waals surface area contributed by atoms with Gasteiger partial charge in [0.25, 0.3) is 5.69 Å². The number of anilines is 1. The number of methoxy groups -OCH3 is 1. The summed E-state index contributed by atoms with van der Waals surface area (Å²) in [6.45, 7) is 0.684. The molecule has 2 aromatic carbocycles. The first-order valence-corrected chi connectivity index (χ1v) is 12.1. The van der Waals surface area contributed by atoms with E-state index in [1.807, 2.05) is 49.3 Å². The zero-order valence-corrected chi connectivity index (χ0v) is 19.6. The Bertz CT molecular complexity index is 1060. The van der Waals surface area contributed by atoms with Crippen molar-refractivity contribution < 1.29 is 22.9 Å². The number of hydrogen-bond donors (Lipinski definition) is 2. The van der Waals surface area contributed by atoms with E-state index in [1.54, 1.807) is 11.8 Å². The van der Waals surface area contributed by atoms with E-state index in [0.29, 0.717) is 18.7 Å². The van der Waals surface area contributed by atoms with Gasteiger partial charge in [-0.25, -0.2) is 18.4 Å². The molecule has 0 aliphatic heterocycles. The van der Waals surface area contributed by atoms with E-state index in [-0.39, 0.29) is 17.3 Å².